The normalized spacial score (nSPS) is 20.8. The van der Waals surface area contributed by atoms with Crippen LogP contribution >= 0.6 is 0 Å². The second-order valence-electron chi connectivity index (χ2n) is 4.05. The van der Waals surface area contributed by atoms with Gasteiger partial charge in [-0.1, -0.05) is 12.1 Å². The van der Waals surface area contributed by atoms with Gasteiger partial charge in [-0.3, -0.25) is 9.10 Å². The van der Waals surface area contributed by atoms with Crippen molar-refractivity contribution in [3.8, 4) is 0 Å². The van der Waals surface area contributed by atoms with Gasteiger partial charge in [-0.05, 0) is 19.1 Å². The molecule has 0 amide bonds. The predicted octanol–water partition coefficient (Wildman–Crippen LogP) is 1.43. The van der Waals surface area contributed by atoms with Gasteiger partial charge in [0, 0.05) is 18.0 Å². The summed E-state index contributed by atoms with van der Waals surface area (Å²) in [6, 6.07) is 6.51. The molecule has 1 aromatic carbocycles. The van der Waals surface area contributed by atoms with E-state index in [1.54, 1.807) is 31.2 Å². The zero-order chi connectivity index (χ0) is 11.9. The van der Waals surface area contributed by atoms with Crippen molar-refractivity contribution in [1.29, 1.82) is 0 Å². The van der Waals surface area contributed by atoms with Crippen LogP contribution in [0.4, 0.5) is 5.69 Å². The summed E-state index contributed by atoms with van der Waals surface area (Å²) in [4.78, 5) is 11.7. The first-order valence-electron chi connectivity index (χ1n) is 5.03. The van der Waals surface area contributed by atoms with Crippen LogP contribution in [0.1, 0.15) is 23.7 Å². The maximum atomic E-state index is 11.7. The predicted molar refractivity (Wildman–Crippen MR) is 62.2 cm³/mol. The van der Waals surface area contributed by atoms with Crippen LogP contribution < -0.4 is 4.31 Å². The van der Waals surface area contributed by atoms with E-state index < -0.39 is 10.0 Å². The standard InChI is InChI=1S/C11H13NO3S/c1-8-7-11(13)9-5-3-4-6-10(9)12(8)16(2,14)15/h3-6,8H,7H2,1-2H3/t8-/m0/s1. The van der Waals surface area contributed by atoms with Crippen LogP contribution in [0.5, 0.6) is 0 Å². The zero-order valence-corrected chi connectivity index (χ0v) is 9.99. The average molecular weight is 239 g/mol. The molecule has 0 N–H and O–H groups in total. The third-order valence-corrected chi connectivity index (χ3v) is 3.95. The number of carbonyl (C=O) groups excluding carboxylic acids is 1. The molecular formula is C11H13NO3S. The number of hydrogen-bond acceptors (Lipinski definition) is 3. The molecule has 0 fully saturated rings. The van der Waals surface area contributed by atoms with Crippen molar-refractivity contribution in [3.63, 3.8) is 0 Å². The number of carbonyl (C=O) groups is 1. The van der Waals surface area contributed by atoms with Crippen molar-refractivity contribution in [2.45, 2.75) is 19.4 Å². The minimum Gasteiger partial charge on any atom is -0.294 e. The average Bonchev–Trinajstić information content (AvgIpc) is 2.15. The van der Waals surface area contributed by atoms with Crippen LogP contribution in [0.3, 0.4) is 0 Å². The molecule has 0 saturated carbocycles. The van der Waals surface area contributed by atoms with Gasteiger partial charge in [0.05, 0.1) is 11.9 Å². The van der Waals surface area contributed by atoms with E-state index in [-0.39, 0.29) is 18.2 Å². The third-order valence-electron chi connectivity index (χ3n) is 2.68. The molecule has 86 valence electrons. The van der Waals surface area contributed by atoms with E-state index in [1.807, 2.05) is 0 Å². The molecule has 4 nitrogen and oxygen atoms in total. The lowest BCUT2D eigenvalue weighted by Gasteiger charge is -2.33. The van der Waals surface area contributed by atoms with Crippen LogP contribution in [0, 0.1) is 0 Å². The van der Waals surface area contributed by atoms with Gasteiger partial charge < -0.3 is 0 Å². The van der Waals surface area contributed by atoms with Crippen molar-refractivity contribution in [1.82, 2.24) is 0 Å². The van der Waals surface area contributed by atoms with Crippen LogP contribution in [-0.4, -0.2) is 26.5 Å². The minimum absolute atomic E-state index is 0.00278. The summed E-state index contributed by atoms with van der Waals surface area (Å²) in [6.07, 6.45) is 1.40. The molecular weight excluding hydrogens is 226 g/mol. The molecule has 0 saturated heterocycles. The Hall–Kier alpha value is -1.36. The smallest absolute Gasteiger partial charge is 0.232 e. The van der Waals surface area contributed by atoms with Gasteiger partial charge in [-0.15, -0.1) is 0 Å². The number of sulfonamides is 1. The van der Waals surface area contributed by atoms with E-state index in [0.717, 1.165) is 6.26 Å². The number of anilines is 1. The van der Waals surface area contributed by atoms with Gasteiger partial charge in [-0.25, -0.2) is 8.42 Å². The number of ketones is 1. The number of nitrogens with zero attached hydrogens (tertiary/aromatic N) is 1. The number of para-hydroxylation sites is 1. The monoisotopic (exact) mass is 239 g/mol. The maximum Gasteiger partial charge on any atom is 0.232 e. The van der Waals surface area contributed by atoms with Crippen molar-refractivity contribution in [2.24, 2.45) is 0 Å². The van der Waals surface area contributed by atoms with Crippen LogP contribution in [0.25, 0.3) is 0 Å². The van der Waals surface area contributed by atoms with Crippen molar-refractivity contribution in [2.75, 3.05) is 10.6 Å². The van der Waals surface area contributed by atoms with Gasteiger partial charge in [-0.2, -0.15) is 0 Å². The molecule has 1 aliphatic heterocycles. The molecule has 2 rings (SSSR count). The van der Waals surface area contributed by atoms with E-state index in [9.17, 15) is 13.2 Å². The summed E-state index contributed by atoms with van der Waals surface area (Å²) in [5, 5.41) is 0. The quantitative estimate of drug-likeness (QED) is 0.745. The molecule has 0 aliphatic carbocycles. The largest absolute Gasteiger partial charge is 0.294 e. The van der Waals surface area contributed by atoms with Crippen molar-refractivity contribution in [3.05, 3.63) is 29.8 Å². The van der Waals surface area contributed by atoms with E-state index in [2.05, 4.69) is 0 Å². The summed E-state index contributed by atoms with van der Waals surface area (Å²) >= 11 is 0. The molecule has 16 heavy (non-hydrogen) atoms. The first-order chi connectivity index (χ1) is 7.41. The molecule has 1 heterocycles. The Labute approximate surface area is 94.9 Å². The molecule has 5 heteroatoms. The number of Topliss-reactive ketones (excluding diaryl/α,β-unsaturated/α-hetero) is 1. The van der Waals surface area contributed by atoms with Crippen LogP contribution in [0.2, 0.25) is 0 Å². The Bertz CT molecular complexity index is 536. The second-order valence-corrected chi connectivity index (χ2v) is 5.91. The van der Waals surface area contributed by atoms with E-state index in [0.29, 0.717) is 11.3 Å². The summed E-state index contributed by atoms with van der Waals surface area (Å²) in [6.45, 7) is 1.74. The molecule has 0 unspecified atom stereocenters. The molecule has 0 bridgehead atoms. The first kappa shape index (κ1) is 11.1. The topological polar surface area (TPSA) is 54.5 Å². The van der Waals surface area contributed by atoms with E-state index >= 15 is 0 Å². The van der Waals surface area contributed by atoms with Gasteiger partial charge in [0.15, 0.2) is 5.78 Å². The zero-order valence-electron chi connectivity index (χ0n) is 9.17. The van der Waals surface area contributed by atoms with Gasteiger partial charge >= 0.3 is 0 Å². The third kappa shape index (κ3) is 1.71. The number of hydrogen-bond donors (Lipinski definition) is 0. The summed E-state index contributed by atoms with van der Waals surface area (Å²) < 4.78 is 24.7. The van der Waals surface area contributed by atoms with Gasteiger partial charge in [0.2, 0.25) is 10.0 Å². The molecule has 1 aromatic rings. The fourth-order valence-corrected chi connectivity index (χ4v) is 3.35. The fraction of sp³-hybridized carbons (Fsp3) is 0.364. The highest BCUT2D eigenvalue weighted by Crippen LogP contribution is 2.32. The number of benzene rings is 1. The van der Waals surface area contributed by atoms with Crippen LogP contribution in [-0.2, 0) is 10.0 Å². The molecule has 1 atom stereocenters. The number of rotatable bonds is 1. The minimum atomic E-state index is -3.33. The Morgan fingerprint density at radius 2 is 1.94 bits per heavy atom. The Kier molecular flexibility index (Phi) is 2.50. The van der Waals surface area contributed by atoms with Gasteiger partial charge in [0.1, 0.15) is 0 Å². The van der Waals surface area contributed by atoms with Crippen molar-refractivity contribution < 1.29 is 13.2 Å². The first-order valence-corrected chi connectivity index (χ1v) is 6.87. The molecule has 0 radical (unpaired) electrons. The summed E-state index contributed by atoms with van der Waals surface area (Å²) in [5.74, 6) is 0.00278. The fourth-order valence-electron chi connectivity index (χ4n) is 2.11. The second kappa shape index (κ2) is 3.59. The highest BCUT2D eigenvalue weighted by molar-refractivity contribution is 7.92. The number of fused-ring (bicyclic) bond motifs is 1. The molecule has 0 aromatic heterocycles. The lowest BCUT2D eigenvalue weighted by Crippen LogP contribution is -2.43. The Morgan fingerprint density at radius 3 is 2.56 bits per heavy atom. The summed E-state index contributed by atoms with van der Waals surface area (Å²) in [7, 11) is -3.33. The van der Waals surface area contributed by atoms with Gasteiger partial charge in [0.25, 0.3) is 0 Å². The highest BCUT2D eigenvalue weighted by atomic mass is 32.2. The maximum absolute atomic E-state index is 11.7. The Balaban J connectivity index is 2.65. The van der Waals surface area contributed by atoms with E-state index in [4.69, 9.17) is 0 Å². The van der Waals surface area contributed by atoms with Crippen LogP contribution in [0.15, 0.2) is 24.3 Å². The summed E-state index contributed by atoms with van der Waals surface area (Å²) in [5.41, 5.74) is 0.986. The SMILES string of the molecule is C[C@H]1CC(=O)c2ccccc2N1S(C)(=O)=O. The Morgan fingerprint density at radius 1 is 1.31 bits per heavy atom. The molecule has 0 spiro atoms. The lowest BCUT2D eigenvalue weighted by molar-refractivity contribution is 0.0972. The van der Waals surface area contributed by atoms with E-state index in [1.165, 1.54) is 4.31 Å². The lowest BCUT2D eigenvalue weighted by atomic mass is 9.98. The van der Waals surface area contributed by atoms with Crippen molar-refractivity contribution >= 4 is 21.5 Å². The highest BCUT2D eigenvalue weighted by Gasteiger charge is 2.33. The molecule has 1 aliphatic rings.